The first-order valence-corrected chi connectivity index (χ1v) is 12.4. The van der Waals surface area contributed by atoms with Crippen molar-refractivity contribution in [2.75, 3.05) is 19.8 Å². The zero-order valence-electron chi connectivity index (χ0n) is 18.9. The summed E-state index contributed by atoms with van der Waals surface area (Å²) in [5.41, 5.74) is 4.57. The lowest BCUT2D eigenvalue weighted by atomic mass is 9.46. The molecule has 3 nitrogen and oxygen atoms in total. The van der Waals surface area contributed by atoms with E-state index in [2.05, 4.69) is 26.5 Å². The van der Waals surface area contributed by atoms with Gasteiger partial charge in [0.1, 0.15) is 6.61 Å². The fraction of sp³-hybridized carbons (Fsp3) is 0.778. The van der Waals surface area contributed by atoms with Crippen LogP contribution in [0.4, 0.5) is 0 Å². The number of fused-ring (bicyclic) bond motifs is 2. The van der Waals surface area contributed by atoms with Crippen molar-refractivity contribution >= 4 is 0 Å². The average molecular weight is 411 g/mol. The molecule has 0 amide bonds. The van der Waals surface area contributed by atoms with Crippen molar-refractivity contribution in [1.29, 1.82) is 0 Å². The van der Waals surface area contributed by atoms with E-state index < -0.39 is 0 Å². The summed E-state index contributed by atoms with van der Waals surface area (Å²) in [7, 11) is 0. The van der Waals surface area contributed by atoms with Crippen LogP contribution in [0.5, 0.6) is 0 Å². The minimum absolute atomic E-state index is 0.217. The van der Waals surface area contributed by atoms with Crippen LogP contribution in [-0.2, 0) is 14.2 Å². The molecule has 0 spiro atoms. The molecule has 3 heteroatoms. The van der Waals surface area contributed by atoms with Crippen molar-refractivity contribution in [2.45, 2.75) is 83.8 Å². The highest BCUT2D eigenvalue weighted by molar-refractivity contribution is 5.35. The maximum absolute atomic E-state index is 6.36. The van der Waals surface area contributed by atoms with Gasteiger partial charge in [-0.15, -0.1) is 0 Å². The Bertz CT molecular complexity index is 806. The van der Waals surface area contributed by atoms with Crippen LogP contribution in [-0.4, -0.2) is 25.6 Å². The SMILES string of the molecule is C=CCOC1=CCC2=C(CC[C@@H]3[C@@H]2CC[C@@]2(C)C34CCC2(C2(C)OCCO2)CC4)C1. The molecule has 1 saturated heterocycles. The maximum Gasteiger partial charge on any atom is 0.171 e. The zero-order valence-corrected chi connectivity index (χ0v) is 18.9. The topological polar surface area (TPSA) is 27.7 Å². The van der Waals surface area contributed by atoms with Gasteiger partial charge < -0.3 is 14.2 Å². The van der Waals surface area contributed by atoms with Gasteiger partial charge in [-0.1, -0.05) is 30.7 Å². The Morgan fingerprint density at radius 3 is 2.60 bits per heavy atom. The molecule has 164 valence electrons. The molecule has 3 atom stereocenters. The predicted molar refractivity (Wildman–Crippen MR) is 118 cm³/mol. The van der Waals surface area contributed by atoms with Crippen molar-refractivity contribution in [2.24, 2.45) is 28.1 Å². The first-order chi connectivity index (χ1) is 14.5. The Kier molecular flexibility index (Phi) is 4.24. The average Bonchev–Trinajstić information content (AvgIpc) is 3.41. The monoisotopic (exact) mass is 410 g/mol. The maximum atomic E-state index is 6.36. The first-order valence-electron chi connectivity index (χ1n) is 12.4. The Labute approximate surface area is 181 Å². The van der Waals surface area contributed by atoms with Crippen LogP contribution in [0.3, 0.4) is 0 Å². The first kappa shape index (κ1) is 19.6. The molecule has 5 aliphatic carbocycles. The van der Waals surface area contributed by atoms with E-state index in [0.717, 1.165) is 37.9 Å². The molecule has 1 heterocycles. The molecule has 0 aromatic rings. The summed E-state index contributed by atoms with van der Waals surface area (Å²) in [6.45, 7) is 10.9. The van der Waals surface area contributed by atoms with Crippen molar-refractivity contribution in [3.8, 4) is 0 Å². The van der Waals surface area contributed by atoms with E-state index in [0.29, 0.717) is 17.4 Å². The Morgan fingerprint density at radius 2 is 1.87 bits per heavy atom. The van der Waals surface area contributed by atoms with E-state index in [-0.39, 0.29) is 11.2 Å². The largest absolute Gasteiger partial charge is 0.494 e. The molecule has 0 aromatic carbocycles. The third kappa shape index (κ3) is 2.19. The third-order valence-electron chi connectivity index (χ3n) is 11.0. The summed E-state index contributed by atoms with van der Waals surface area (Å²) in [6, 6.07) is 0. The third-order valence-corrected chi connectivity index (χ3v) is 11.0. The molecule has 3 saturated carbocycles. The van der Waals surface area contributed by atoms with Gasteiger partial charge in [-0.05, 0) is 93.5 Å². The van der Waals surface area contributed by atoms with Gasteiger partial charge in [0.15, 0.2) is 5.79 Å². The molecule has 0 aromatic heterocycles. The molecule has 6 aliphatic rings. The van der Waals surface area contributed by atoms with Crippen LogP contribution >= 0.6 is 0 Å². The molecule has 2 bridgehead atoms. The highest BCUT2D eigenvalue weighted by Crippen LogP contribution is 2.83. The minimum Gasteiger partial charge on any atom is -0.494 e. The van der Waals surface area contributed by atoms with E-state index in [1.54, 1.807) is 11.1 Å². The number of allylic oxidation sites excluding steroid dienone is 3. The number of rotatable bonds is 4. The van der Waals surface area contributed by atoms with E-state index in [9.17, 15) is 0 Å². The molecular weight excluding hydrogens is 372 g/mol. The molecule has 30 heavy (non-hydrogen) atoms. The van der Waals surface area contributed by atoms with Crippen LogP contribution in [0.1, 0.15) is 78.1 Å². The van der Waals surface area contributed by atoms with E-state index in [1.165, 1.54) is 57.1 Å². The smallest absolute Gasteiger partial charge is 0.171 e. The van der Waals surface area contributed by atoms with Crippen LogP contribution in [0, 0.1) is 28.1 Å². The van der Waals surface area contributed by atoms with Crippen LogP contribution in [0.2, 0.25) is 0 Å². The summed E-state index contributed by atoms with van der Waals surface area (Å²) in [5, 5.41) is 0. The lowest BCUT2D eigenvalue weighted by Crippen LogP contribution is -2.57. The minimum atomic E-state index is -0.364. The van der Waals surface area contributed by atoms with Crippen molar-refractivity contribution < 1.29 is 14.2 Å². The van der Waals surface area contributed by atoms with Crippen LogP contribution < -0.4 is 0 Å². The molecule has 0 N–H and O–H groups in total. The van der Waals surface area contributed by atoms with E-state index in [4.69, 9.17) is 14.2 Å². The van der Waals surface area contributed by atoms with Crippen molar-refractivity contribution in [3.63, 3.8) is 0 Å². The number of ether oxygens (including phenoxy) is 3. The molecule has 4 fully saturated rings. The summed E-state index contributed by atoms with van der Waals surface area (Å²) in [5.74, 6) is 2.46. The van der Waals surface area contributed by atoms with Gasteiger partial charge in [0.25, 0.3) is 0 Å². The second kappa shape index (κ2) is 6.48. The normalized spacial score (nSPS) is 46.1. The highest BCUT2D eigenvalue weighted by atomic mass is 16.7. The Balaban J connectivity index is 1.31. The number of hydrogen-bond acceptors (Lipinski definition) is 3. The summed E-state index contributed by atoms with van der Waals surface area (Å²) in [4.78, 5) is 0. The van der Waals surface area contributed by atoms with Crippen LogP contribution in [0.25, 0.3) is 0 Å². The van der Waals surface area contributed by atoms with Crippen molar-refractivity contribution in [3.05, 3.63) is 35.6 Å². The van der Waals surface area contributed by atoms with Gasteiger partial charge in [-0.2, -0.15) is 0 Å². The molecule has 1 aliphatic heterocycles. The molecule has 0 unspecified atom stereocenters. The lowest BCUT2D eigenvalue weighted by Gasteiger charge is -2.59. The zero-order chi connectivity index (χ0) is 20.6. The van der Waals surface area contributed by atoms with E-state index in [1.807, 2.05) is 6.08 Å². The summed E-state index contributed by atoms with van der Waals surface area (Å²) in [6.07, 6.45) is 17.1. The van der Waals surface area contributed by atoms with Gasteiger partial charge in [0.2, 0.25) is 0 Å². The van der Waals surface area contributed by atoms with Gasteiger partial charge in [-0.25, -0.2) is 0 Å². The van der Waals surface area contributed by atoms with Crippen molar-refractivity contribution in [1.82, 2.24) is 0 Å². The summed E-state index contributed by atoms with van der Waals surface area (Å²) < 4.78 is 18.6. The second-order valence-corrected chi connectivity index (χ2v) is 11.3. The van der Waals surface area contributed by atoms with Gasteiger partial charge >= 0.3 is 0 Å². The van der Waals surface area contributed by atoms with Crippen LogP contribution in [0.15, 0.2) is 35.6 Å². The summed E-state index contributed by atoms with van der Waals surface area (Å²) >= 11 is 0. The Hall–Kier alpha value is -1.06. The number of hydrogen-bond donors (Lipinski definition) is 0. The fourth-order valence-electron chi connectivity index (χ4n) is 9.67. The standard InChI is InChI=1S/C27H38O3/c1-4-15-28-20-6-7-21-19(18-20)5-8-23-22(21)9-10-24(2)26(23)11-13-27(24,14-12-26)25(3)29-16-17-30-25/h4,6,22-23H,1,5,7-18H2,2-3H3/t22-,23-,24+,26?,27?/m1/s1. The van der Waals surface area contributed by atoms with Gasteiger partial charge in [-0.3, -0.25) is 0 Å². The second-order valence-electron chi connectivity index (χ2n) is 11.3. The van der Waals surface area contributed by atoms with E-state index >= 15 is 0 Å². The molecular formula is C27H38O3. The molecule has 0 radical (unpaired) electrons. The Morgan fingerprint density at radius 1 is 1.10 bits per heavy atom. The quantitative estimate of drug-likeness (QED) is 0.508. The van der Waals surface area contributed by atoms with Gasteiger partial charge in [0, 0.05) is 11.8 Å². The lowest BCUT2D eigenvalue weighted by molar-refractivity contribution is -0.258. The van der Waals surface area contributed by atoms with Gasteiger partial charge in [0.05, 0.1) is 19.0 Å². The predicted octanol–water partition coefficient (Wildman–Crippen LogP) is 6.31. The fourth-order valence-corrected chi connectivity index (χ4v) is 9.67. The highest BCUT2D eigenvalue weighted by Gasteiger charge is 2.78. The molecule has 6 rings (SSSR count).